The van der Waals surface area contributed by atoms with Gasteiger partial charge in [-0.3, -0.25) is 4.79 Å². The predicted octanol–water partition coefficient (Wildman–Crippen LogP) is 4.09. The van der Waals surface area contributed by atoms with E-state index in [9.17, 15) is 13.6 Å². The lowest BCUT2D eigenvalue weighted by Crippen LogP contribution is -2.47. The minimum absolute atomic E-state index is 0.0893. The minimum Gasteiger partial charge on any atom is -0.364 e. The first-order chi connectivity index (χ1) is 14.5. The summed E-state index contributed by atoms with van der Waals surface area (Å²) < 4.78 is 27.8. The van der Waals surface area contributed by atoms with Gasteiger partial charge in [0.2, 0.25) is 11.9 Å². The monoisotopic (exact) mass is 471 g/mol. The van der Waals surface area contributed by atoms with Crippen LogP contribution in [0.3, 0.4) is 0 Å². The fraction of sp³-hybridized carbons (Fsp3) is 0.571. The molecule has 0 radical (unpaired) electrons. The molecule has 1 atom stereocenters. The Morgan fingerprint density at radius 3 is 2.52 bits per heavy atom. The number of rotatable bonds is 3. The summed E-state index contributed by atoms with van der Waals surface area (Å²) in [6, 6.07) is -0.519. The maximum absolute atomic E-state index is 13.9. The first kappa shape index (κ1) is 22.4. The predicted molar refractivity (Wildman–Crippen MR) is 117 cm³/mol. The molecule has 10 heteroatoms. The summed E-state index contributed by atoms with van der Waals surface area (Å²) in [7, 11) is 0. The van der Waals surface area contributed by atoms with Gasteiger partial charge in [-0.15, -0.1) is 0 Å². The fourth-order valence-electron chi connectivity index (χ4n) is 5.12. The van der Waals surface area contributed by atoms with Crippen LogP contribution in [0.5, 0.6) is 0 Å². The van der Waals surface area contributed by atoms with Crippen LogP contribution in [-0.2, 0) is 0 Å². The number of anilines is 1. The number of primary amides is 1. The Morgan fingerprint density at radius 1 is 1.26 bits per heavy atom. The van der Waals surface area contributed by atoms with Gasteiger partial charge in [-0.05, 0) is 43.6 Å². The van der Waals surface area contributed by atoms with Crippen molar-refractivity contribution in [3.63, 3.8) is 0 Å². The van der Waals surface area contributed by atoms with Crippen LogP contribution < -0.4 is 16.4 Å². The Bertz CT molecular complexity index is 986. The van der Waals surface area contributed by atoms with Crippen LogP contribution in [-0.4, -0.2) is 40.9 Å². The molecule has 1 aromatic rings. The lowest BCUT2D eigenvalue weighted by atomic mass is 9.74. The minimum atomic E-state index is -2.71. The van der Waals surface area contributed by atoms with E-state index in [4.69, 9.17) is 34.7 Å². The summed E-state index contributed by atoms with van der Waals surface area (Å²) in [6.07, 6.45) is 3.70. The summed E-state index contributed by atoms with van der Waals surface area (Å²) >= 11 is 12.6. The van der Waals surface area contributed by atoms with Gasteiger partial charge in [-0.25, -0.2) is 18.7 Å². The van der Waals surface area contributed by atoms with E-state index in [0.717, 1.165) is 0 Å². The highest BCUT2D eigenvalue weighted by Crippen LogP contribution is 2.52. The first-order valence-corrected chi connectivity index (χ1v) is 11.1. The lowest BCUT2D eigenvalue weighted by molar-refractivity contribution is -0.00686. The number of allylic oxidation sites excluding steroid dienone is 4. The van der Waals surface area contributed by atoms with Gasteiger partial charge in [-0.2, -0.15) is 0 Å². The number of hydrogen-bond donors (Lipinski definition) is 2. The third-order valence-electron chi connectivity index (χ3n) is 6.76. The number of carbonyl (C=O) groups excluding carboxylic acids is 1. The van der Waals surface area contributed by atoms with Gasteiger partial charge in [0.1, 0.15) is 5.69 Å². The molecular weight excluding hydrogens is 447 g/mol. The second-order valence-corrected chi connectivity index (χ2v) is 9.56. The Balaban J connectivity index is 1.64. The number of aromatic nitrogens is 2. The van der Waals surface area contributed by atoms with Crippen molar-refractivity contribution in [2.75, 3.05) is 18.0 Å². The topological polar surface area (TPSA) is 98.1 Å². The van der Waals surface area contributed by atoms with Gasteiger partial charge >= 0.3 is 0 Å². The number of aryl methyl sites for hydroxylation is 1. The van der Waals surface area contributed by atoms with Gasteiger partial charge in [0.15, 0.2) is 0 Å². The third-order valence-corrected chi connectivity index (χ3v) is 7.64. The lowest BCUT2D eigenvalue weighted by Gasteiger charge is -2.41. The Labute approximate surface area is 189 Å². The number of hydrogen-bond acceptors (Lipinski definition) is 5. The van der Waals surface area contributed by atoms with Crippen LogP contribution in [0.15, 0.2) is 16.1 Å². The molecule has 1 amide bonds. The summed E-state index contributed by atoms with van der Waals surface area (Å²) in [5, 5.41) is 0.791. The van der Waals surface area contributed by atoms with Gasteiger partial charge in [0, 0.05) is 37.5 Å². The molecule has 4 rings (SSSR count). The van der Waals surface area contributed by atoms with E-state index >= 15 is 0 Å². The average molecular weight is 472 g/mol. The normalized spacial score (nSPS) is 25.2. The molecule has 1 saturated heterocycles. The van der Waals surface area contributed by atoms with Crippen molar-refractivity contribution in [1.29, 1.82) is 0 Å². The molecule has 6 nitrogen and oxygen atoms in total. The zero-order valence-electron chi connectivity index (χ0n) is 17.2. The van der Waals surface area contributed by atoms with Crippen LogP contribution in [0.4, 0.5) is 14.7 Å². The van der Waals surface area contributed by atoms with E-state index in [1.807, 2.05) is 11.0 Å². The van der Waals surface area contributed by atoms with Gasteiger partial charge in [-0.1, -0.05) is 29.3 Å². The standard InChI is InChI=1S/C21H25Cl2F2N5O/c1-11-15(12-3-2-4-13(22)16(12)23)17(18(27)31)29-19(28-11)30-7-5-20(6-8-30)10-21(24,25)9-14(20)26/h4,14H,2-3,5-10,26H2,1H3,(H2,27,31)/t14-/m1/s1. The Hall–Kier alpha value is -1.77. The number of halogens is 4. The molecule has 1 aliphatic heterocycles. The molecule has 1 aromatic heterocycles. The number of nitrogens with zero attached hydrogens (tertiary/aromatic N) is 3. The zero-order chi connectivity index (χ0) is 22.6. The van der Waals surface area contributed by atoms with Crippen LogP contribution >= 0.6 is 23.2 Å². The molecule has 2 heterocycles. The van der Waals surface area contributed by atoms with E-state index < -0.39 is 23.3 Å². The third kappa shape index (κ3) is 4.05. The van der Waals surface area contributed by atoms with Gasteiger partial charge in [0.25, 0.3) is 5.91 Å². The van der Waals surface area contributed by atoms with Crippen molar-refractivity contribution in [3.05, 3.63) is 33.1 Å². The molecule has 2 fully saturated rings. The molecule has 0 aromatic carbocycles. The van der Waals surface area contributed by atoms with Crippen LogP contribution in [0.1, 0.15) is 60.3 Å². The van der Waals surface area contributed by atoms with Gasteiger partial charge < -0.3 is 16.4 Å². The quantitative estimate of drug-likeness (QED) is 0.691. The van der Waals surface area contributed by atoms with E-state index in [1.165, 1.54) is 0 Å². The summed E-state index contributed by atoms with van der Waals surface area (Å²) in [5.41, 5.74) is 13.1. The summed E-state index contributed by atoms with van der Waals surface area (Å²) in [4.78, 5) is 23.2. The molecule has 1 saturated carbocycles. The molecular formula is C21H25Cl2F2N5O. The van der Waals surface area contributed by atoms with Crippen LogP contribution in [0.25, 0.3) is 5.57 Å². The number of nitrogens with two attached hydrogens (primary N) is 2. The molecule has 0 bridgehead atoms. The SMILES string of the molecule is Cc1nc(N2CCC3(CC2)CC(F)(F)C[C@H]3N)nc(C(N)=O)c1C1=C(Cl)C(Cl)=CCC1. The molecule has 2 aliphatic carbocycles. The smallest absolute Gasteiger partial charge is 0.268 e. The number of piperidine rings is 1. The second kappa shape index (κ2) is 7.98. The van der Waals surface area contributed by atoms with Crippen molar-refractivity contribution in [3.8, 4) is 0 Å². The Morgan fingerprint density at radius 2 is 1.94 bits per heavy atom. The fourth-order valence-corrected chi connectivity index (χ4v) is 5.61. The van der Waals surface area contributed by atoms with Crippen molar-refractivity contribution in [2.45, 2.75) is 57.4 Å². The van der Waals surface area contributed by atoms with Crippen molar-refractivity contribution >= 4 is 40.6 Å². The molecule has 31 heavy (non-hydrogen) atoms. The van der Waals surface area contributed by atoms with E-state index in [1.54, 1.807) is 6.92 Å². The van der Waals surface area contributed by atoms with Gasteiger partial charge in [0.05, 0.1) is 15.8 Å². The number of alkyl halides is 2. The maximum atomic E-state index is 13.9. The molecule has 1 spiro atoms. The van der Waals surface area contributed by atoms with E-state index in [0.29, 0.717) is 71.6 Å². The van der Waals surface area contributed by atoms with Crippen LogP contribution in [0.2, 0.25) is 0 Å². The van der Waals surface area contributed by atoms with E-state index in [-0.39, 0.29) is 18.5 Å². The van der Waals surface area contributed by atoms with Crippen LogP contribution in [0, 0.1) is 12.3 Å². The maximum Gasteiger partial charge on any atom is 0.268 e. The molecule has 3 aliphatic rings. The summed E-state index contributed by atoms with van der Waals surface area (Å²) in [6.45, 7) is 2.74. The molecule has 4 N–H and O–H groups in total. The largest absolute Gasteiger partial charge is 0.364 e. The molecule has 168 valence electrons. The van der Waals surface area contributed by atoms with Crippen molar-refractivity contribution in [2.24, 2.45) is 16.9 Å². The highest BCUT2D eigenvalue weighted by molar-refractivity contribution is 6.46. The Kier molecular flexibility index (Phi) is 5.77. The van der Waals surface area contributed by atoms with Crippen molar-refractivity contribution < 1.29 is 13.6 Å². The number of amides is 1. The number of carbonyl (C=O) groups is 1. The zero-order valence-corrected chi connectivity index (χ0v) is 18.7. The average Bonchev–Trinajstić information content (AvgIpc) is 2.92. The molecule has 0 unspecified atom stereocenters. The van der Waals surface area contributed by atoms with Crippen molar-refractivity contribution in [1.82, 2.24) is 9.97 Å². The second-order valence-electron chi connectivity index (χ2n) is 8.77. The summed E-state index contributed by atoms with van der Waals surface area (Å²) in [5.74, 6) is -3.04. The van der Waals surface area contributed by atoms with E-state index in [2.05, 4.69) is 9.97 Å². The highest BCUT2D eigenvalue weighted by Gasteiger charge is 2.55. The highest BCUT2D eigenvalue weighted by atomic mass is 35.5. The first-order valence-electron chi connectivity index (χ1n) is 10.3.